The number of methoxy groups -OCH3 is 1. The predicted molar refractivity (Wildman–Crippen MR) is 104 cm³/mol. The molecule has 4 amide bonds. The first kappa shape index (κ1) is 18.1. The number of hydrogen-bond donors (Lipinski definition) is 1. The van der Waals surface area contributed by atoms with E-state index in [0.717, 1.165) is 5.69 Å². The zero-order chi connectivity index (χ0) is 19.5. The molecule has 8 heteroatoms. The third-order valence-electron chi connectivity index (χ3n) is 5.12. The largest absolute Gasteiger partial charge is 0.497 e. The van der Waals surface area contributed by atoms with Crippen LogP contribution in [0.4, 0.5) is 15.3 Å². The molecule has 0 radical (unpaired) electrons. The second-order valence-electron chi connectivity index (χ2n) is 6.94. The Kier molecular flexibility index (Phi) is 5.01. The first-order valence-electron chi connectivity index (χ1n) is 9.29. The van der Waals surface area contributed by atoms with Crippen molar-refractivity contribution in [1.29, 1.82) is 0 Å². The van der Waals surface area contributed by atoms with E-state index in [-0.39, 0.29) is 18.1 Å². The van der Waals surface area contributed by atoms with Gasteiger partial charge in [0.1, 0.15) is 5.75 Å². The topological polar surface area (TPSA) is 78.0 Å². The number of carbonyl (C=O) groups is 2. The number of rotatable bonds is 4. The lowest BCUT2D eigenvalue weighted by Gasteiger charge is -2.36. The summed E-state index contributed by atoms with van der Waals surface area (Å²) in [5.74, 6) is 0.689. The summed E-state index contributed by atoms with van der Waals surface area (Å²) >= 11 is 0. The predicted octanol–water partition coefficient (Wildman–Crippen LogP) is 2.24. The molecule has 146 valence electrons. The third kappa shape index (κ3) is 3.71. The van der Waals surface area contributed by atoms with E-state index in [1.165, 1.54) is 0 Å². The summed E-state index contributed by atoms with van der Waals surface area (Å²) in [6, 6.07) is 12.8. The molecule has 0 saturated carbocycles. The lowest BCUT2D eigenvalue weighted by atomic mass is 10.2. The van der Waals surface area contributed by atoms with Gasteiger partial charge in [0.15, 0.2) is 0 Å². The van der Waals surface area contributed by atoms with Crippen LogP contribution in [-0.2, 0) is 6.54 Å². The van der Waals surface area contributed by atoms with Crippen molar-refractivity contribution < 1.29 is 14.3 Å². The van der Waals surface area contributed by atoms with E-state index in [0.29, 0.717) is 44.2 Å². The van der Waals surface area contributed by atoms with Gasteiger partial charge in [-0.25, -0.2) is 9.59 Å². The summed E-state index contributed by atoms with van der Waals surface area (Å²) in [5, 5.41) is 2.91. The monoisotopic (exact) mass is 381 g/mol. The van der Waals surface area contributed by atoms with Crippen molar-refractivity contribution in [3.8, 4) is 5.75 Å². The van der Waals surface area contributed by atoms with Gasteiger partial charge in [-0.1, -0.05) is 12.1 Å². The van der Waals surface area contributed by atoms with Crippen LogP contribution in [0.3, 0.4) is 0 Å². The molecule has 28 heavy (non-hydrogen) atoms. The number of nitrogens with one attached hydrogen (secondary N) is 1. The second-order valence-corrected chi connectivity index (χ2v) is 6.94. The SMILES string of the molecule is COc1cccc(NC(=O)N2CCN3C(=O)N(Cc4ccccn4)CC3C2)c1. The maximum atomic E-state index is 12.7. The molecule has 2 fully saturated rings. The van der Waals surface area contributed by atoms with E-state index in [9.17, 15) is 9.59 Å². The Morgan fingerprint density at radius 2 is 2.11 bits per heavy atom. The Balaban J connectivity index is 1.37. The molecule has 3 heterocycles. The number of nitrogens with zero attached hydrogens (tertiary/aromatic N) is 4. The number of pyridine rings is 1. The van der Waals surface area contributed by atoms with Gasteiger partial charge < -0.3 is 24.8 Å². The summed E-state index contributed by atoms with van der Waals surface area (Å²) in [5.41, 5.74) is 1.55. The highest BCUT2D eigenvalue weighted by atomic mass is 16.5. The number of piperazine rings is 1. The molecular formula is C20H23N5O3. The van der Waals surface area contributed by atoms with Gasteiger partial charge in [0, 0.05) is 44.1 Å². The average Bonchev–Trinajstić information content (AvgIpc) is 3.03. The first-order valence-corrected chi connectivity index (χ1v) is 9.29. The van der Waals surface area contributed by atoms with Gasteiger partial charge in [0.25, 0.3) is 0 Å². The van der Waals surface area contributed by atoms with Crippen LogP contribution in [0, 0.1) is 0 Å². The van der Waals surface area contributed by atoms with E-state index in [4.69, 9.17) is 4.74 Å². The molecule has 1 N–H and O–H groups in total. The van der Waals surface area contributed by atoms with Gasteiger partial charge >= 0.3 is 12.1 Å². The Morgan fingerprint density at radius 1 is 1.21 bits per heavy atom. The van der Waals surface area contributed by atoms with Gasteiger partial charge in [-0.2, -0.15) is 0 Å². The van der Waals surface area contributed by atoms with Gasteiger partial charge in [-0.05, 0) is 24.3 Å². The fourth-order valence-electron chi connectivity index (χ4n) is 3.68. The Hall–Kier alpha value is -3.29. The maximum absolute atomic E-state index is 12.7. The molecule has 1 unspecified atom stereocenters. The van der Waals surface area contributed by atoms with Crippen LogP contribution in [-0.4, -0.2) is 71.1 Å². The fraction of sp³-hybridized carbons (Fsp3) is 0.350. The van der Waals surface area contributed by atoms with Crippen molar-refractivity contribution in [3.05, 3.63) is 54.4 Å². The van der Waals surface area contributed by atoms with Crippen LogP contribution in [0.25, 0.3) is 0 Å². The van der Waals surface area contributed by atoms with Crippen molar-refractivity contribution in [2.45, 2.75) is 12.6 Å². The molecule has 0 bridgehead atoms. The number of hydrogen-bond acceptors (Lipinski definition) is 4. The molecule has 2 aromatic rings. The highest BCUT2D eigenvalue weighted by Crippen LogP contribution is 2.23. The van der Waals surface area contributed by atoms with Gasteiger partial charge in [0.05, 0.1) is 25.4 Å². The standard InChI is InChI=1S/C20H23N5O3/c1-28-18-7-4-6-15(11-18)22-19(26)23-9-10-25-17(13-23)14-24(20(25)27)12-16-5-2-3-8-21-16/h2-8,11,17H,9-10,12-14H2,1H3,(H,22,26). The van der Waals surface area contributed by atoms with Gasteiger partial charge in [-0.15, -0.1) is 0 Å². The van der Waals surface area contributed by atoms with Gasteiger partial charge in [-0.3, -0.25) is 4.98 Å². The minimum absolute atomic E-state index is 0.000946. The highest BCUT2D eigenvalue weighted by Gasteiger charge is 2.41. The highest BCUT2D eigenvalue weighted by molar-refractivity contribution is 5.90. The lowest BCUT2D eigenvalue weighted by Crippen LogP contribution is -2.54. The lowest BCUT2D eigenvalue weighted by molar-refractivity contribution is 0.135. The van der Waals surface area contributed by atoms with Crippen molar-refractivity contribution in [1.82, 2.24) is 19.7 Å². The van der Waals surface area contributed by atoms with Gasteiger partial charge in [0.2, 0.25) is 0 Å². The molecule has 1 atom stereocenters. The van der Waals surface area contributed by atoms with Crippen molar-refractivity contribution in [3.63, 3.8) is 0 Å². The van der Waals surface area contributed by atoms with E-state index < -0.39 is 0 Å². The summed E-state index contributed by atoms with van der Waals surface area (Å²) < 4.78 is 5.19. The number of benzene rings is 1. The van der Waals surface area contributed by atoms with Crippen LogP contribution in [0.2, 0.25) is 0 Å². The molecule has 0 aliphatic carbocycles. The Morgan fingerprint density at radius 3 is 2.89 bits per heavy atom. The van der Waals surface area contributed by atoms with Crippen molar-refractivity contribution >= 4 is 17.7 Å². The molecule has 1 aromatic heterocycles. The minimum atomic E-state index is -0.163. The molecule has 2 aliphatic rings. The molecule has 1 aromatic carbocycles. The third-order valence-corrected chi connectivity index (χ3v) is 5.12. The van der Waals surface area contributed by atoms with E-state index in [2.05, 4.69) is 10.3 Å². The van der Waals surface area contributed by atoms with Crippen molar-refractivity contribution in [2.24, 2.45) is 0 Å². The second kappa shape index (κ2) is 7.75. The average molecular weight is 381 g/mol. The molecule has 0 spiro atoms. The molecule has 2 aliphatic heterocycles. The number of ether oxygens (including phenoxy) is 1. The zero-order valence-corrected chi connectivity index (χ0v) is 15.7. The summed E-state index contributed by atoms with van der Waals surface area (Å²) in [6.45, 7) is 2.64. The van der Waals surface area contributed by atoms with E-state index >= 15 is 0 Å². The van der Waals surface area contributed by atoms with E-state index in [1.807, 2.05) is 41.3 Å². The normalized spacial score (nSPS) is 18.8. The Labute approximate surface area is 163 Å². The molecular weight excluding hydrogens is 358 g/mol. The quantitative estimate of drug-likeness (QED) is 0.881. The van der Waals surface area contributed by atoms with E-state index in [1.54, 1.807) is 29.2 Å². The summed E-state index contributed by atoms with van der Waals surface area (Å²) in [4.78, 5) is 35.1. The number of fused-ring (bicyclic) bond motifs is 1. The van der Waals surface area contributed by atoms with Crippen LogP contribution in [0.5, 0.6) is 5.75 Å². The number of amides is 4. The summed E-state index contributed by atoms with van der Waals surface area (Å²) in [7, 11) is 1.59. The number of aromatic nitrogens is 1. The zero-order valence-electron chi connectivity index (χ0n) is 15.7. The molecule has 8 nitrogen and oxygen atoms in total. The van der Waals surface area contributed by atoms with Crippen LogP contribution >= 0.6 is 0 Å². The summed E-state index contributed by atoms with van der Waals surface area (Å²) in [6.07, 6.45) is 1.73. The maximum Gasteiger partial charge on any atom is 0.321 e. The molecule has 2 saturated heterocycles. The smallest absolute Gasteiger partial charge is 0.321 e. The van der Waals surface area contributed by atoms with Crippen LogP contribution in [0.1, 0.15) is 5.69 Å². The first-order chi connectivity index (χ1) is 13.6. The fourth-order valence-corrected chi connectivity index (χ4v) is 3.68. The van der Waals surface area contributed by atoms with Crippen molar-refractivity contribution in [2.75, 3.05) is 38.6 Å². The van der Waals surface area contributed by atoms with Crippen LogP contribution in [0.15, 0.2) is 48.7 Å². The molecule has 4 rings (SSSR count). The van der Waals surface area contributed by atoms with Crippen LogP contribution < -0.4 is 10.1 Å². The minimum Gasteiger partial charge on any atom is -0.497 e. The Bertz CT molecular complexity index is 860. The number of urea groups is 2. The number of anilines is 1. The number of carbonyl (C=O) groups excluding carboxylic acids is 2.